The number of nitrogens with two attached hydrogens (primary N) is 1. The minimum absolute atomic E-state index is 0.0344. The molecule has 2 heterocycles. The van der Waals surface area contributed by atoms with E-state index in [1.54, 1.807) is 6.07 Å². The molecule has 0 aliphatic carbocycles. The number of anilines is 1. The molecular weight excluding hydrogens is 302 g/mol. The normalized spacial score (nSPS) is 12.4. The van der Waals surface area contributed by atoms with Gasteiger partial charge in [-0.1, -0.05) is 12.1 Å². The van der Waals surface area contributed by atoms with Crippen molar-refractivity contribution in [2.24, 2.45) is 0 Å². The molecule has 0 aliphatic heterocycles. The summed E-state index contributed by atoms with van der Waals surface area (Å²) in [5.74, 6) is -1.40. The zero-order valence-electron chi connectivity index (χ0n) is 11.4. The summed E-state index contributed by atoms with van der Waals surface area (Å²) in [4.78, 5) is 22.6. The molecule has 0 saturated carbocycles. The number of H-pyrrole nitrogens is 1. The Bertz CT molecular complexity index is 853. The van der Waals surface area contributed by atoms with Gasteiger partial charge in [0.05, 0.1) is 16.8 Å². The van der Waals surface area contributed by atoms with E-state index in [0.29, 0.717) is 17.0 Å². The molecule has 112 valence electrons. The van der Waals surface area contributed by atoms with E-state index in [4.69, 9.17) is 5.73 Å². The van der Waals surface area contributed by atoms with E-state index in [9.17, 15) is 14.7 Å². The maximum atomic E-state index is 11.3. The van der Waals surface area contributed by atoms with Gasteiger partial charge in [0.25, 0.3) is 0 Å². The zero-order valence-corrected chi connectivity index (χ0v) is 12.3. The highest BCUT2D eigenvalue weighted by Crippen LogP contribution is 2.36. The molecule has 1 unspecified atom stereocenters. The summed E-state index contributed by atoms with van der Waals surface area (Å²) in [6.45, 7) is 0. The first kappa shape index (κ1) is 14.3. The number of nitrogens with one attached hydrogen (secondary N) is 1. The van der Waals surface area contributed by atoms with Gasteiger partial charge in [-0.2, -0.15) is 5.10 Å². The largest absolute Gasteiger partial charge is 0.481 e. The highest BCUT2D eigenvalue weighted by molar-refractivity contribution is 7.10. The molecule has 0 aliphatic rings. The average Bonchev–Trinajstić information content (AvgIpc) is 3.12. The standard InChI is InChI=1S/C15H13N3O3S/c16-14-13-9(2-1-3-11(13)17-18-14)8-6-12(22-7-8)10(4-5-19)15(20)21/h1-3,5-7,10H,4H2,(H,20,21)(H3,16,17,18). The summed E-state index contributed by atoms with van der Waals surface area (Å²) in [5.41, 5.74) is 8.48. The predicted molar refractivity (Wildman–Crippen MR) is 84.9 cm³/mol. The molecule has 0 bridgehead atoms. The molecule has 0 fully saturated rings. The molecule has 6 nitrogen and oxygen atoms in total. The van der Waals surface area contributed by atoms with Crippen LogP contribution in [0.4, 0.5) is 5.82 Å². The third-order valence-electron chi connectivity index (χ3n) is 3.52. The molecule has 2 aromatic heterocycles. The van der Waals surface area contributed by atoms with Crippen LogP contribution in [0, 0.1) is 0 Å². The van der Waals surface area contributed by atoms with E-state index in [-0.39, 0.29) is 6.42 Å². The van der Waals surface area contributed by atoms with Crippen molar-refractivity contribution in [2.75, 3.05) is 5.73 Å². The molecule has 1 aromatic carbocycles. The molecule has 7 heteroatoms. The van der Waals surface area contributed by atoms with E-state index in [0.717, 1.165) is 22.0 Å². The maximum absolute atomic E-state index is 11.3. The van der Waals surface area contributed by atoms with Crippen molar-refractivity contribution in [2.45, 2.75) is 12.3 Å². The van der Waals surface area contributed by atoms with Crippen LogP contribution in [0.3, 0.4) is 0 Å². The summed E-state index contributed by atoms with van der Waals surface area (Å²) in [6, 6.07) is 7.47. The smallest absolute Gasteiger partial charge is 0.312 e. The van der Waals surface area contributed by atoms with Crippen LogP contribution in [0.5, 0.6) is 0 Å². The van der Waals surface area contributed by atoms with Crippen molar-refractivity contribution in [3.8, 4) is 11.1 Å². The Balaban J connectivity index is 2.07. The Morgan fingerprint density at radius 1 is 1.50 bits per heavy atom. The highest BCUT2D eigenvalue weighted by Gasteiger charge is 2.22. The molecule has 4 N–H and O–H groups in total. The van der Waals surface area contributed by atoms with Crippen LogP contribution in [0.15, 0.2) is 29.6 Å². The van der Waals surface area contributed by atoms with Crippen LogP contribution in [0.2, 0.25) is 0 Å². The number of hydrogen-bond acceptors (Lipinski definition) is 5. The molecule has 3 aromatic rings. The highest BCUT2D eigenvalue weighted by atomic mass is 32.1. The lowest BCUT2D eigenvalue weighted by Crippen LogP contribution is -2.10. The Morgan fingerprint density at radius 2 is 2.32 bits per heavy atom. The van der Waals surface area contributed by atoms with E-state index >= 15 is 0 Å². The number of aromatic nitrogens is 2. The van der Waals surface area contributed by atoms with Crippen molar-refractivity contribution in [1.82, 2.24) is 10.2 Å². The van der Waals surface area contributed by atoms with Crippen LogP contribution in [0.1, 0.15) is 17.2 Å². The van der Waals surface area contributed by atoms with Crippen molar-refractivity contribution in [3.05, 3.63) is 34.5 Å². The number of aromatic amines is 1. The second-order valence-corrected chi connectivity index (χ2v) is 5.81. The number of aliphatic carboxylic acids is 1. The summed E-state index contributed by atoms with van der Waals surface area (Å²) in [6.07, 6.45) is 0.598. The minimum atomic E-state index is -0.999. The first-order chi connectivity index (χ1) is 10.6. The van der Waals surface area contributed by atoms with Crippen molar-refractivity contribution < 1.29 is 14.7 Å². The number of carbonyl (C=O) groups is 2. The number of carbonyl (C=O) groups excluding carboxylic acids is 1. The lowest BCUT2D eigenvalue weighted by molar-refractivity contribution is -0.139. The van der Waals surface area contributed by atoms with Gasteiger partial charge in [-0.05, 0) is 28.6 Å². The number of thiophene rings is 1. The summed E-state index contributed by atoms with van der Waals surface area (Å²) in [7, 11) is 0. The molecule has 22 heavy (non-hydrogen) atoms. The fourth-order valence-corrected chi connectivity index (χ4v) is 3.46. The summed E-state index contributed by atoms with van der Waals surface area (Å²) in [5, 5.41) is 18.8. The van der Waals surface area contributed by atoms with Crippen LogP contribution < -0.4 is 5.73 Å². The van der Waals surface area contributed by atoms with Gasteiger partial charge in [0.2, 0.25) is 0 Å². The van der Waals surface area contributed by atoms with Crippen LogP contribution in [-0.4, -0.2) is 27.6 Å². The summed E-state index contributed by atoms with van der Waals surface area (Å²) < 4.78 is 0. The van der Waals surface area contributed by atoms with Crippen molar-refractivity contribution in [3.63, 3.8) is 0 Å². The molecule has 0 saturated heterocycles. The second-order valence-electron chi connectivity index (χ2n) is 4.87. The van der Waals surface area contributed by atoms with Gasteiger partial charge in [0, 0.05) is 11.3 Å². The van der Waals surface area contributed by atoms with Gasteiger partial charge >= 0.3 is 5.97 Å². The molecule has 0 spiro atoms. The average molecular weight is 315 g/mol. The zero-order chi connectivity index (χ0) is 15.7. The predicted octanol–water partition coefficient (Wildman–Crippen LogP) is 2.63. The number of benzene rings is 1. The lowest BCUT2D eigenvalue weighted by atomic mass is 10.0. The second kappa shape index (κ2) is 5.61. The SMILES string of the molecule is Nc1n[nH]c2cccc(-c3csc(C(CC=O)C(=O)O)c3)c12. The number of hydrogen-bond donors (Lipinski definition) is 3. The fraction of sp³-hybridized carbons (Fsp3) is 0.133. The van der Waals surface area contributed by atoms with Gasteiger partial charge in [-0.15, -0.1) is 11.3 Å². The van der Waals surface area contributed by atoms with Crippen LogP contribution in [0.25, 0.3) is 22.0 Å². The van der Waals surface area contributed by atoms with Gasteiger partial charge in [-0.25, -0.2) is 0 Å². The number of fused-ring (bicyclic) bond motifs is 1. The third kappa shape index (κ3) is 2.35. The monoisotopic (exact) mass is 315 g/mol. The Labute approximate surface area is 129 Å². The quantitative estimate of drug-likeness (QED) is 0.627. The molecule has 1 atom stereocenters. The molecule has 0 amide bonds. The number of carboxylic acids is 1. The van der Waals surface area contributed by atoms with Crippen LogP contribution >= 0.6 is 11.3 Å². The van der Waals surface area contributed by atoms with Crippen molar-refractivity contribution in [1.29, 1.82) is 0 Å². The van der Waals surface area contributed by atoms with E-state index in [2.05, 4.69) is 10.2 Å². The lowest BCUT2D eigenvalue weighted by Gasteiger charge is -2.05. The van der Waals surface area contributed by atoms with E-state index in [1.807, 2.05) is 23.6 Å². The van der Waals surface area contributed by atoms with Crippen molar-refractivity contribution >= 4 is 40.3 Å². The van der Waals surface area contributed by atoms with Gasteiger partial charge < -0.3 is 15.6 Å². The van der Waals surface area contributed by atoms with Gasteiger partial charge in [0.1, 0.15) is 6.29 Å². The molecule has 0 radical (unpaired) electrons. The van der Waals surface area contributed by atoms with Gasteiger partial charge in [-0.3, -0.25) is 9.89 Å². The number of nitrogens with zero attached hydrogens (tertiary/aromatic N) is 1. The molecular formula is C15H13N3O3S. The van der Waals surface area contributed by atoms with E-state index < -0.39 is 11.9 Å². The number of carboxylic acid groups (broad SMARTS) is 1. The number of aldehydes is 1. The van der Waals surface area contributed by atoms with E-state index in [1.165, 1.54) is 11.3 Å². The topological polar surface area (TPSA) is 109 Å². The van der Waals surface area contributed by atoms with Crippen LogP contribution in [-0.2, 0) is 9.59 Å². The minimum Gasteiger partial charge on any atom is -0.481 e. The summed E-state index contributed by atoms with van der Waals surface area (Å²) >= 11 is 1.33. The third-order valence-corrected chi connectivity index (χ3v) is 4.57. The molecule has 3 rings (SSSR count). The first-order valence-corrected chi connectivity index (χ1v) is 7.47. The maximum Gasteiger partial charge on any atom is 0.312 e. The Hall–Kier alpha value is -2.67. The Morgan fingerprint density at radius 3 is 3.05 bits per heavy atom. The Kier molecular flexibility index (Phi) is 3.64. The number of rotatable bonds is 5. The first-order valence-electron chi connectivity index (χ1n) is 6.59. The van der Waals surface area contributed by atoms with Gasteiger partial charge in [0.15, 0.2) is 5.82 Å². The number of nitrogen functional groups attached to an aromatic ring is 1. The fourth-order valence-electron chi connectivity index (χ4n) is 2.45.